The summed E-state index contributed by atoms with van der Waals surface area (Å²) in [5.41, 5.74) is 16.7. The fourth-order valence-corrected chi connectivity index (χ4v) is 9.18. The minimum atomic E-state index is -0.549. The summed E-state index contributed by atoms with van der Waals surface area (Å²) in [4.78, 5) is 2.30. The van der Waals surface area contributed by atoms with E-state index < -0.39 is 5.41 Å². The molecule has 9 aromatic carbocycles. The van der Waals surface area contributed by atoms with Crippen molar-refractivity contribution in [1.82, 2.24) is 0 Å². The first-order chi connectivity index (χ1) is 28.3. The van der Waals surface area contributed by atoms with E-state index in [9.17, 15) is 0 Å². The van der Waals surface area contributed by atoms with Crippen LogP contribution in [0.4, 0.5) is 17.1 Å². The third kappa shape index (κ3) is 5.33. The van der Waals surface area contributed by atoms with Gasteiger partial charge < -0.3 is 9.32 Å². The fraction of sp³-hybridized carbons (Fsp3) is 0.0182. The van der Waals surface area contributed by atoms with Gasteiger partial charge in [-0.3, -0.25) is 0 Å². The van der Waals surface area contributed by atoms with Crippen LogP contribution >= 0.6 is 0 Å². The maximum atomic E-state index is 6.92. The topological polar surface area (TPSA) is 16.4 Å². The molecule has 1 heterocycles. The minimum absolute atomic E-state index is 0.549. The second kappa shape index (κ2) is 13.4. The second-order valence-corrected chi connectivity index (χ2v) is 14.9. The Bertz CT molecular complexity index is 3010. The maximum Gasteiger partial charge on any atom is 0.137 e. The van der Waals surface area contributed by atoms with Crippen LogP contribution in [0, 0.1) is 0 Å². The van der Waals surface area contributed by atoms with Gasteiger partial charge in [0, 0.05) is 33.9 Å². The number of anilines is 3. The Morgan fingerprint density at radius 2 is 0.789 bits per heavy atom. The predicted octanol–water partition coefficient (Wildman–Crippen LogP) is 14.8. The highest BCUT2D eigenvalue weighted by molar-refractivity contribution is 6.06. The molecule has 268 valence electrons. The number of nitrogens with zero attached hydrogens (tertiary/aromatic N) is 1. The van der Waals surface area contributed by atoms with Crippen LogP contribution in [0.1, 0.15) is 22.3 Å². The standard InChI is InChI=1S/C55H37NO/c1-4-15-38(16-5-1)40-27-30-45(31-28-40)56(44-21-8-3-9-22-44)46-32-34-50-49-33-29-43(36-53(49)57-54(50)37-46)55(42-20-14-19-41(35-42)39-17-6-2-7-18-39)51-25-12-10-23-47(51)48-24-11-13-26-52(48)55/h1-37H. The quantitative estimate of drug-likeness (QED) is 0.163. The molecule has 0 amide bonds. The average Bonchev–Trinajstić information content (AvgIpc) is 3.81. The molecule has 0 saturated carbocycles. The number of rotatable bonds is 7. The fourth-order valence-electron chi connectivity index (χ4n) is 9.18. The maximum absolute atomic E-state index is 6.92. The molecule has 0 bridgehead atoms. The summed E-state index contributed by atoms with van der Waals surface area (Å²) in [6.45, 7) is 0. The Labute approximate surface area is 332 Å². The first-order valence-corrected chi connectivity index (χ1v) is 19.6. The first kappa shape index (κ1) is 33.0. The summed E-state index contributed by atoms with van der Waals surface area (Å²) < 4.78 is 6.92. The highest BCUT2D eigenvalue weighted by Crippen LogP contribution is 2.57. The molecular weight excluding hydrogens is 691 g/mol. The van der Waals surface area contributed by atoms with Gasteiger partial charge in [-0.05, 0) is 104 Å². The van der Waals surface area contributed by atoms with Gasteiger partial charge in [-0.25, -0.2) is 0 Å². The molecular formula is C55H37NO. The highest BCUT2D eigenvalue weighted by atomic mass is 16.3. The Morgan fingerprint density at radius 3 is 1.46 bits per heavy atom. The number of fused-ring (bicyclic) bond motifs is 6. The van der Waals surface area contributed by atoms with E-state index in [2.05, 4.69) is 229 Å². The zero-order valence-corrected chi connectivity index (χ0v) is 31.2. The third-order valence-electron chi connectivity index (χ3n) is 11.8. The minimum Gasteiger partial charge on any atom is -0.456 e. The lowest BCUT2D eigenvalue weighted by atomic mass is 9.67. The molecule has 0 saturated heterocycles. The van der Waals surface area contributed by atoms with E-state index >= 15 is 0 Å². The van der Waals surface area contributed by atoms with E-state index in [0.717, 1.165) is 39.0 Å². The lowest BCUT2D eigenvalue weighted by Gasteiger charge is -2.34. The molecule has 0 radical (unpaired) electrons. The molecule has 57 heavy (non-hydrogen) atoms. The van der Waals surface area contributed by atoms with Gasteiger partial charge in [-0.2, -0.15) is 0 Å². The van der Waals surface area contributed by atoms with E-state index in [1.165, 1.54) is 55.6 Å². The van der Waals surface area contributed by atoms with Crippen LogP contribution in [-0.4, -0.2) is 0 Å². The normalized spacial score (nSPS) is 12.7. The first-order valence-electron chi connectivity index (χ1n) is 19.6. The Morgan fingerprint density at radius 1 is 0.316 bits per heavy atom. The Hall–Kier alpha value is -7.42. The number of furan rings is 1. The molecule has 2 heteroatoms. The lowest BCUT2D eigenvalue weighted by molar-refractivity contribution is 0.665. The van der Waals surface area contributed by atoms with Crippen molar-refractivity contribution >= 4 is 39.0 Å². The molecule has 10 aromatic rings. The number of hydrogen-bond donors (Lipinski definition) is 0. The zero-order chi connectivity index (χ0) is 37.8. The lowest BCUT2D eigenvalue weighted by Crippen LogP contribution is -2.28. The van der Waals surface area contributed by atoms with Crippen LogP contribution in [0.5, 0.6) is 0 Å². The summed E-state index contributed by atoms with van der Waals surface area (Å²) >= 11 is 0. The van der Waals surface area contributed by atoms with E-state index in [1.807, 2.05) is 0 Å². The van der Waals surface area contributed by atoms with Crippen molar-refractivity contribution in [3.05, 3.63) is 247 Å². The molecule has 11 rings (SSSR count). The molecule has 1 aromatic heterocycles. The van der Waals surface area contributed by atoms with E-state index in [4.69, 9.17) is 4.42 Å². The van der Waals surface area contributed by atoms with Gasteiger partial charge in [0.2, 0.25) is 0 Å². The van der Waals surface area contributed by atoms with Crippen LogP contribution in [0.2, 0.25) is 0 Å². The molecule has 0 aliphatic heterocycles. The molecule has 0 spiro atoms. The summed E-state index contributed by atoms with van der Waals surface area (Å²) in [7, 11) is 0. The smallest absolute Gasteiger partial charge is 0.137 e. The van der Waals surface area contributed by atoms with Crippen LogP contribution < -0.4 is 4.90 Å². The molecule has 0 N–H and O–H groups in total. The Kier molecular flexibility index (Phi) is 7.75. The van der Waals surface area contributed by atoms with Crippen LogP contribution in [0.15, 0.2) is 229 Å². The van der Waals surface area contributed by atoms with Crippen LogP contribution in [0.25, 0.3) is 55.3 Å². The monoisotopic (exact) mass is 727 g/mol. The van der Waals surface area contributed by atoms with Crippen molar-refractivity contribution in [3.8, 4) is 33.4 Å². The number of hydrogen-bond acceptors (Lipinski definition) is 2. The number of benzene rings is 9. The molecule has 0 atom stereocenters. The van der Waals surface area contributed by atoms with Gasteiger partial charge in [0.25, 0.3) is 0 Å². The van der Waals surface area contributed by atoms with Crippen molar-refractivity contribution in [1.29, 1.82) is 0 Å². The van der Waals surface area contributed by atoms with Crippen molar-refractivity contribution in [2.75, 3.05) is 4.90 Å². The zero-order valence-electron chi connectivity index (χ0n) is 31.2. The van der Waals surface area contributed by atoms with Gasteiger partial charge in [-0.1, -0.05) is 170 Å². The van der Waals surface area contributed by atoms with E-state index in [-0.39, 0.29) is 0 Å². The summed E-state index contributed by atoms with van der Waals surface area (Å²) in [6, 6.07) is 81.0. The largest absolute Gasteiger partial charge is 0.456 e. The predicted molar refractivity (Wildman–Crippen MR) is 237 cm³/mol. The summed E-state index contributed by atoms with van der Waals surface area (Å²) in [6.07, 6.45) is 0. The molecule has 0 fully saturated rings. The molecule has 0 unspecified atom stereocenters. The van der Waals surface area contributed by atoms with E-state index in [0.29, 0.717) is 0 Å². The molecule has 1 aliphatic rings. The van der Waals surface area contributed by atoms with Gasteiger partial charge in [0.15, 0.2) is 0 Å². The van der Waals surface area contributed by atoms with Gasteiger partial charge >= 0.3 is 0 Å². The van der Waals surface area contributed by atoms with Crippen molar-refractivity contribution < 1.29 is 4.42 Å². The van der Waals surface area contributed by atoms with E-state index in [1.54, 1.807) is 0 Å². The Balaban J connectivity index is 1.07. The SMILES string of the molecule is c1ccc(-c2ccc(N(c3ccccc3)c3ccc4c(c3)oc3cc(C5(c6cccc(-c7ccccc7)c6)c6ccccc6-c6ccccc65)ccc34)cc2)cc1. The summed E-state index contributed by atoms with van der Waals surface area (Å²) in [5, 5.41) is 2.20. The van der Waals surface area contributed by atoms with Crippen molar-refractivity contribution in [2.45, 2.75) is 5.41 Å². The van der Waals surface area contributed by atoms with Crippen LogP contribution in [0.3, 0.4) is 0 Å². The van der Waals surface area contributed by atoms with Gasteiger partial charge in [0.05, 0.1) is 5.41 Å². The van der Waals surface area contributed by atoms with Crippen molar-refractivity contribution in [2.24, 2.45) is 0 Å². The van der Waals surface area contributed by atoms with Crippen LogP contribution in [-0.2, 0) is 5.41 Å². The van der Waals surface area contributed by atoms with Gasteiger partial charge in [-0.15, -0.1) is 0 Å². The average molecular weight is 728 g/mol. The molecule has 1 aliphatic carbocycles. The molecule has 2 nitrogen and oxygen atoms in total. The third-order valence-corrected chi connectivity index (χ3v) is 11.8. The van der Waals surface area contributed by atoms with Crippen molar-refractivity contribution in [3.63, 3.8) is 0 Å². The summed E-state index contributed by atoms with van der Waals surface area (Å²) in [5.74, 6) is 0. The highest BCUT2D eigenvalue weighted by Gasteiger charge is 2.46. The number of para-hydroxylation sites is 1. The second-order valence-electron chi connectivity index (χ2n) is 14.9. The van der Waals surface area contributed by atoms with Gasteiger partial charge in [0.1, 0.15) is 11.2 Å².